The molecule has 17 heavy (non-hydrogen) atoms. The summed E-state index contributed by atoms with van der Waals surface area (Å²) in [6.45, 7) is 2.66. The summed E-state index contributed by atoms with van der Waals surface area (Å²) in [7, 11) is 0. The normalized spacial score (nSPS) is 10.0. The van der Waals surface area contributed by atoms with E-state index in [-0.39, 0.29) is 16.7 Å². The predicted molar refractivity (Wildman–Crippen MR) is 57.7 cm³/mol. The van der Waals surface area contributed by atoms with Crippen LogP contribution in [0.3, 0.4) is 0 Å². The number of amides is 1. The molecule has 0 radical (unpaired) electrons. The number of hydrogen-bond acceptors (Lipinski definition) is 5. The van der Waals surface area contributed by atoms with E-state index in [4.69, 9.17) is 5.73 Å². The highest BCUT2D eigenvalue weighted by atomic mass is 16.6. The summed E-state index contributed by atoms with van der Waals surface area (Å²) in [6.07, 6.45) is 0. The summed E-state index contributed by atoms with van der Waals surface area (Å²) in [5, 5.41) is 21.4. The third-order valence-electron chi connectivity index (χ3n) is 2.43. The standard InChI is InChI=1S/C9H9N3O5/c1-4-6(11(14)15)3-7(12(16)17)5(2)8(4)9(10)13/h3H,1-2H3,(H2,10,13). The molecule has 0 heterocycles. The van der Waals surface area contributed by atoms with Crippen molar-refractivity contribution >= 4 is 17.3 Å². The van der Waals surface area contributed by atoms with E-state index in [0.717, 1.165) is 6.07 Å². The minimum atomic E-state index is -0.924. The van der Waals surface area contributed by atoms with Crippen molar-refractivity contribution in [2.75, 3.05) is 0 Å². The average molecular weight is 239 g/mol. The molecule has 0 bridgehead atoms. The zero-order valence-electron chi connectivity index (χ0n) is 9.09. The Kier molecular flexibility index (Phi) is 3.07. The number of nitro groups is 2. The topological polar surface area (TPSA) is 129 Å². The van der Waals surface area contributed by atoms with E-state index in [2.05, 4.69) is 0 Å². The summed E-state index contributed by atoms with van der Waals surface area (Å²) >= 11 is 0. The Labute approximate surface area is 95.3 Å². The summed E-state index contributed by atoms with van der Waals surface area (Å²) in [6, 6.07) is 0.830. The molecule has 0 spiro atoms. The number of nitro benzene ring substituents is 2. The van der Waals surface area contributed by atoms with E-state index in [1.165, 1.54) is 13.8 Å². The van der Waals surface area contributed by atoms with Crippen molar-refractivity contribution in [1.29, 1.82) is 0 Å². The van der Waals surface area contributed by atoms with Gasteiger partial charge in [0.2, 0.25) is 5.91 Å². The molecule has 0 saturated carbocycles. The molecule has 1 rings (SSSR count). The highest BCUT2D eigenvalue weighted by Crippen LogP contribution is 2.31. The molecule has 0 atom stereocenters. The van der Waals surface area contributed by atoms with Gasteiger partial charge in [0, 0.05) is 11.1 Å². The first-order valence-electron chi connectivity index (χ1n) is 4.50. The molecular formula is C9H9N3O5. The summed E-state index contributed by atoms with van der Waals surface area (Å²) < 4.78 is 0. The van der Waals surface area contributed by atoms with Gasteiger partial charge in [-0.2, -0.15) is 0 Å². The molecule has 0 fully saturated rings. The largest absolute Gasteiger partial charge is 0.366 e. The maximum Gasteiger partial charge on any atom is 0.279 e. The zero-order chi connectivity index (χ0) is 13.3. The first-order chi connectivity index (χ1) is 7.77. The smallest absolute Gasteiger partial charge is 0.279 e. The molecule has 8 heteroatoms. The monoisotopic (exact) mass is 239 g/mol. The highest BCUT2D eigenvalue weighted by Gasteiger charge is 2.27. The van der Waals surface area contributed by atoms with Crippen LogP contribution in [0.15, 0.2) is 6.07 Å². The molecule has 0 saturated heterocycles. The Balaban J connectivity index is 3.76. The quantitative estimate of drug-likeness (QED) is 0.625. The maximum absolute atomic E-state index is 11.2. The lowest BCUT2D eigenvalue weighted by atomic mass is 9.99. The molecule has 0 aromatic heterocycles. The fraction of sp³-hybridized carbons (Fsp3) is 0.222. The van der Waals surface area contributed by atoms with Gasteiger partial charge >= 0.3 is 0 Å². The van der Waals surface area contributed by atoms with Crippen molar-refractivity contribution in [3.05, 3.63) is 43.0 Å². The van der Waals surface area contributed by atoms with E-state index in [1.807, 2.05) is 0 Å². The number of nitrogens with zero attached hydrogens (tertiary/aromatic N) is 2. The fourth-order valence-electron chi connectivity index (χ4n) is 1.63. The van der Waals surface area contributed by atoms with Crippen LogP contribution in [0.5, 0.6) is 0 Å². The van der Waals surface area contributed by atoms with Gasteiger partial charge in [0.1, 0.15) is 0 Å². The predicted octanol–water partition coefficient (Wildman–Crippen LogP) is 1.22. The molecule has 2 N–H and O–H groups in total. The molecule has 0 unspecified atom stereocenters. The number of benzene rings is 1. The van der Waals surface area contributed by atoms with Crippen LogP contribution in [0.4, 0.5) is 11.4 Å². The first-order valence-corrected chi connectivity index (χ1v) is 4.50. The molecule has 8 nitrogen and oxygen atoms in total. The van der Waals surface area contributed by atoms with Crippen molar-refractivity contribution in [2.45, 2.75) is 13.8 Å². The van der Waals surface area contributed by atoms with Crippen LogP contribution in [0.2, 0.25) is 0 Å². The minimum absolute atomic E-state index is 0.0330. The van der Waals surface area contributed by atoms with Gasteiger partial charge in [-0.05, 0) is 13.8 Å². The number of primary amides is 1. The van der Waals surface area contributed by atoms with E-state index >= 15 is 0 Å². The second-order valence-corrected chi connectivity index (χ2v) is 3.42. The van der Waals surface area contributed by atoms with Crippen molar-refractivity contribution < 1.29 is 14.6 Å². The summed E-state index contributed by atoms with van der Waals surface area (Å²) in [5.74, 6) is -0.924. The molecule has 1 amide bonds. The molecular weight excluding hydrogens is 230 g/mol. The second kappa shape index (κ2) is 4.16. The Bertz CT molecular complexity index is 500. The van der Waals surface area contributed by atoms with Gasteiger partial charge in [-0.15, -0.1) is 0 Å². The van der Waals surface area contributed by atoms with Crippen LogP contribution < -0.4 is 5.73 Å². The van der Waals surface area contributed by atoms with Crippen LogP contribution in [0, 0.1) is 34.1 Å². The maximum atomic E-state index is 11.2. The van der Waals surface area contributed by atoms with E-state index in [1.54, 1.807) is 0 Å². The SMILES string of the molecule is Cc1c([N+](=O)[O-])cc([N+](=O)[O-])c(C)c1C(N)=O. The van der Waals surface area contributed by atoms with Gasteiger partial charge in [0.25, 0.3) is 11.4 Å². The van der Waals surface area contributed by atoms with E-state index in [0.29, 0.717) is 0 Å². The van der Waals surface area contributed by atoms with Gasteiger partial charge in [0.15, 0.2) is 0 Å². The zero-order valence-corrected chi connectivity index (χ0v) is 9.09. The molecule has 0 aliphatic heterocycles. The Morgan fingerprint density at radius 1 is 1.12 bits per heavy atom. The van der Waals surface area contributed by atoms with Crippen LogP contribution in [-0.4, -0.2) is 15.8 Å². The van der Waals surface area contributed by atoms with Crippen LogP contribution in [0.1, 0.15) is 21.5 Å². The minimum Gasteiger partial charge on any atom is -0.366 e. The van der Waals surface area contributed by atoms with Crippen molar-refractivity contribution in [1.82, 2.24) is 0 Å². The Hall–Kier alpha value is -2.51. The van der Waals surface area contributed by atoms with Gasteiger partial charge < -0.3 is 5.73 Å². The molecule has 0 aliphatic rings. The lowest BCUT2D eigenvalue weighted by Crippen LogP contribution is -2.16. The third-order valence-corrected chi connectivity index (χ3v) is 2.43. The second-order valence-electron chi connectivity index (χ2n) is 3.42. The number of nitrogens with two attached hydrogens (primary N) is 1. The lowest BCUT2D eigenvalue weighted by Gasteiger charge is -2.07. The van der Waals surface area contributed by atoms with Crippen LogP contribution in [0.25, 0.3) is 0 Å². The molecule has 1 aromatic rings. The number of carbonyl (C=O) groups excluding carboxylic acids is 1. The number of hydrogen-bond donors (Lipinski definition) is 1. The molecule has 1 aromatic carbocycles. The fourth-order valence-corrected chi connectivity index (χ4v) is 1.63. The van der Waals surface area contributed by atoms with Crippen molar-refractivity contribution in [3.63, 3.8) is 0 Å². The van der Waals surface area contributed by atoms with Gasteiger partial charge in [-0.1, -0.05) is 0 Å². The number of carbonyl (C=O) groups is 1. The van der Waals surface area contributed by atoms with Gasteiger partial charge in [0.05, 0.1) is 21.5 Å². The average Bonchev–Trinajstić information content (AvgIpc) is 2.15. The number of rotatable bonds is 3. The lowest BCUT2D eigenvalue weighted by molar-refractivity contribution is -0.394. The molecule has 0 aliphatic carbocycles. The highest BCUT2D eigenvalue weighted by molar-refractivity contribution is 5.98. The van der Waals surface area contributed by atoms with Gasteiger partial charge in [-0.25, -0.2) is 0 Å². The van der Waals surface area contributed by atoms with E-state index < -0.39 is 27.1 Å². The summed E-state index contributed by atoms with van der Waals surface area (Å²) in [4.78, 5) is 31.0. The van der Waals surface area contributed by atoms with Gasteiger partial charge in [-0.3, -0.25) is 25.0 Å². The van der Waals surface area contributed by atoms with E-state index in [9.17, 15) is 25.0 Å². The third kappa shape index (κ3) is 2.05. The van der Waals surface area contributed by atoms with Crippen LogP contribution >= 0.6 is 0 Å². The van der Waals surface area contributed by atoms with Crippen molar-refractivity contribution in [2.24, 2.45) is 5.73 Å². The van der Waals surface area contributed by atoms with Crippen molar-refractivity contribution in [3.8, 4) is 0 Å². The first kappa shape index (κ1) is 12.6. The molecule has 90 valence electrons. The Morgan fingerprint density at radius 2 is 1.47 bits per heavy atom. The Morgan fingerprint density at radius 3 is 1.71 bits per heavy atom. The van der Waals surface area contributed by atoms with Crippen LogP contribution in [-0.2, 0) is 0 Å². The summed E-state index contributed by atoms with van der Waals surface area (Å²) in [5.41, 5.74) is 3.98.